The number of carbonyl (C=O) groups is 1. The Labute approximate surface area is 158 Å². The van der Waals surface area contributed by atoms with Crippen LogP contribution in [0, 0.1) is 0 Å². The molecule has 1 fully saturated rings. The fraction of sp³-hybridized carbons (Fsp3) is 0.381. The van der Waals surface area contributed by atoms with Crippen LogP contribution < -0.4 is 5.32 Å². The lowest BCUT2D eigenvalue weighted by Gasteiger charge is -2.47. The summed E-state index contributed by atoms with van der Waals surface area (Å²) in [5.74, 6) is 0. The van der Waals surface area contributed by atoms with Crippen LogP contribution in [-0.4, -0.2) is 44.8 Å². The van der Waals surface area contributed by atoms with Gasteiger partial charge in [0.2, 0.25) is 0 Å². The van der Waals surface area contributed by atoms with E-state index < -0.39 is 0 Å². The SMILES string of the molecule is CC(C)NC(=O)N1CC2(CCn3nc(-c4cnc5ccccc5c4)cc32)C1. The number of para-hydroxylation sites is 1. The molecule has 0 bridgehead atoms. The number of pyridine rings is 1. The number of hydrogen-bond donors (Lipinski definition) is 1. The van der Waals surface area contributed by atoms with E-state index in [0.29, 0.717) is 0 Å². The Balaban J connectivity index is 1.41. The molecule has 1 spiro atoms. The van der Waals surface area contributed by atoms with Crippen molar-refractivity contribution < 1.29 is 4.79 Å². The van der Waals surface area contributed by atoms with Crippen molar-refractivity contribution in [1.29, 1.82) is 0 Å². The third-order valence-electron chi connectivity index (χ3n) is 5.70. The van der Waals surface area contributed by atoms with E-state index >= 15 is 0 Å². The second kappa shape index (κ2) is 5.81. The molecule has 1 aromatic carbocycles. The predicted molar refractivity (Wildman–Crippen MR) is 104 cm³/mol. The number of rotatable bonds is 2. The summed E-state index contributed by atoms with van der Waals surface area (Å²) in [6.07, 6.45) is 2.95. The molecular formula is C21H23N5O. The third-order valence-corrected chi connectivity index (χ3v) is 5.70. The van der Waals surface area contributed by atoms with Crippen LogP contribution in [0.25, 0.3) is 22.2 Å². The highest BCUT2D eigenvalue weighted by Gasteiger charge is 2.51. The van der Waals surface area contributed by atoms with Gasteiger partial charge in [0.1, 0.15) is 0 Å². The maximum Gasteiger partial charge on any atom is 0.317 e. The maximum atomic E-state index is 12.2. The van der Waals surface area contributed by atoms with Gasteiger partial charge >= 0.3 is 6.03 Å². The number of hydrogen-bond acceptors (Lipinski definition) is 3. The molecule has 1 N–H and O–H groups in total. The Morgan fingerprint density at radius 2 is 2.04 bits per heavy atom. The van der Waals surface area contributed by atoms with E-state index in [0.717, 1.165) is 48.2 Å². The minimum atomic E-state index is 0.0348. The lowest BCUT2D eigenvalue weighted by molar-refractivity contribution is 0.0909. The summed E-state index contributed by atoms with van der Waals surface area (Å²) < 4.78 is 2.11. The molecule has 0 saturated carbocycles. The average Bonchev–Trinajstić information content (AvgIpc) is 3.18. The molecule has 0 unspecified atom stereocenters. The molecule has 0 atom stereocenters. The van der Waals surface area contributed by atoms with E-state index in [-0.39, 0.29) is 17.5 Å². The smallest absolute Gasteiger partial charge is 0.317 e. The molecule has 5 rings (SSSR count). The fourth-order valence-corrected chi connectivity index (χ4v) is 4.30. The number of amides is 2. The van der Waals surface area contributed by atoms with Gasteiger partial charge in [-0.25, -0.2) is 4.79 Å². The standard InChI is InChI=1S/C21H23N5O/c1-14(2)23-20(27)25-12-21(13-25)7-8-26-19(21)10-18(24-26)16-9-15-5-3-4-6-17(15)22-11-16/h3-6,9-11,14H,7-8,12-13H2,1-2H3,(H,23,27). The van der Waals surface area contributed by atoms with Crippen LogP contribution in [-0.2, 0) is 12.0 Å². The summed E-state index contributed by atoms with van der Waals surface area (Å²) in [4.78, 5) is 18.7. The molecule has 6 nitrogen and oxygen atoms in total. The van der Waals surface area contributed by atoms with Gasteiger partial charge in [-0.05, 0) is 38.5 Å². The first kappa shape index (κ1) is 16.3. The summed E-state index contributed by atoms with van der Waals surface area (Å²) >= 11 is 0. The van der Waals surface area contributed by atoms with Gasteiger partial charge < -0.3 is 10.2 Å². The highest BCUT2D eigenvalue weighted by atomic mass is 16.2. The van der Waals surface area contributed by atoms with E-state index in [1.807, 2.05) is 43.1 Å². The first-order valence-corrected chi connectivity index (χ1v) is 9.53. The molecule has 2 aliphatic rings. The number of nitrogens with zero attached hydrogens (tertiary/aromatic N) is 4. The van der Waals surface area contributed by atoms with E-state index in [1.165, 1.54) is 5.69 Å². The quantitative estimate of drug-likeness (QED) is 0.762. The van der Waals surface area contributed by atoms with Crippen molar-refractivity contribution in [2.75, 3.05) is 13.1 Å². The van der Waals surface area contributed by atoms with Gasteiger partial charge in [0.05, 0.1) is 11.2 Å². The Kier molecular flexibility index (Phi) is 3.50. The van der Waals surface area contributed by atoms with Gasteiger partial charge in [0, 0.05) is 53.9 Å². The number of benzene rings is 1. The predicted octanol–water partition coefficient (Wildman–Crippen LogP) is 3.17. The van der Waals surface area contributed by atoms with E-state index in [9.17, 15) is 4.79 Å². The molecular weight excluding hydrogens is 338 g/mol. The largest absolute Gasteiger partial charge is 0.336 e. The number of aromatic nitrogens is 3. The van der Waals surface area contributed by atoms with Crippen molar-refractivity contribution >= 4 is 16.9 Å². The zero-order valence-electron chi connectivity index (χ0n) is 15.6. The molecule has 2 aromatic heterocycles. The Bertz CT molecular complexity index is 1030. The monoisotopic (exact) mass is 361 g/mol. The van der Waals surface area contributed by atoms with Crippen LogP contribution in [0.4, 0.5) is 4.79 Å². The van der Waals surface area contributed by atoms with Crippen molar-refractivity contribution in [1.82, 2.24) is 25.0 Å². The Hall–Kier alpha value is -2.89. The highest BCUT2D eigenvalue weighted by molar-refractivity contribution is 5.83. The van der Waals surface area contributed by atoms with Crippen LogP contribution >= 0.6 is 0 Å². The molecule has 2 aliphatic heterocycles. The number of likely N-dealkylation sites (tertiary alicyclic amines) is 1. The maximum absolute atomic E-state index is 12.2. The van der Waals surface area contributed by atoms with Gasteiger partial charge in [-0.2, -0.15) is 5.10 Å². The molecule has 138 valence electrons. The van der Waals surface area contributed by atoms with Crippen LogP contribution in [0.2, 0.25) is 0 Å². The first-order chi connectivity index (χ1) is 13.0. The van der Waals surface area contributed by atoms with Crippen molar-refractivity contribution in [2.24, 2.45) is 0 Å². The lowest BCUT2D eigenvalue weighted by atomic mass is 9.76. The summed E-state index contributed by atoms with van der Waals surface area (Å²) in [5, 5.41) is 8.92. The van der Waals surface area contributed by atoms with Crippen molar-refractivity contribution in [3.63, 3.8) is 0 Å². The zero-order chi connectivity index (χ0) is 18.6. The van der Waals surface area contributed by atoms with Crippen molar-refractivity contribution in [3.8, 4) is 11.3 Å². The molecule has 0 radical (unpaired) electrons. The average molecular weight is 361 g/mol. The second-order valence-corrected chi connectivity index (χ2v) is 8.05. The number of carbonyl (C=O) groups excluding carboxylic acids is 1. The normalized spacial score (nSPS) is 17.4. The molecule has 3 aromatic rings. The zero-order valence-corrected chi connectivity index (χ0v) is 15.6. The Morgan fingerprint density at radius 1 is 1.22 bits per heavy atom. The molecule has 4 heterocycles. The van der Waals surface area contributed by atoms with Crippen molar-refractivity contribution in [2.45, 2.75) is 38.3 Å². The first-order valence-electron chi connectivity index (χ1n) is 9.53. The van der Waals surface area contributed by atoms with Crippen molar-refractivity contribution in [3.05, 3.63) is 48.3 Å². The minimum absolute atomic E-state index is 0.0348. The van der Waals surface area contributed by atoms with E-state index in [1.54, 1.807) is 0 Å². The van der Waals surface area contributed by atoms with Gasteiger partial charge in [-0.1, -0.05) is 18.2 Å². The van der Waals surface area contributed by atoms with Crippen LogP contribution in [0.3, 0.4) is 0 Å². The fourth-order valence-electron chi connectivity index (χ4n) is 4.30. The molecule has 27 heavy (non-hydrogen) atoms. The van der Waals surface area contributed by atoms with Crippen LogP contribution in [0.5, 0.6) is 0 Å². The topological polar surface area (TPSA) is 63.1 Å². The minimum Gasteiger partial charge on any atom is -0.336 e. The summed E-state index contributed by atoms with van der Waals surface area (Å²) in [6.45, 7) is 6.43. The van der Waals surface area contributed by atoms with Gasteiger partial charge in [-0.15, -0.1) is 0 Å². The number of urea groups is 1. The highest BCUT2D eigenvalue weighted by Crippen LogP contribution is 2.43. The summed E-state index contributed by atoms with van der Waals surface area (Å²) in [5.41, 5.74) is 4.31. The van der Waals surface area contributed by atoms with E-state index in [2.05, 4.69) is 33.2 Å². The number of nitrogens with one attached hydrogen (secondary N) is 1. The van der Waals surface area contributed by atoms with Crippen LogP contribution in [0.1, 0.15) is 26.0 Å². The molecule has 0 aliphatic carbocycles. The Morgan fingerprint density at radius 3 is 2.85 bits per heavy atom. The lowest BCUT2D eigenvalue weighted by Crippen LogP contribution is -2.63. The summed E-state index contributed by atoms with van der Waals surface area (Å²) in [7, 11) is 0. The molecule has 2 amide bonds. The van der Waals surface area contributed by atoms with Gasteiger partial charge in [0.15, 0.2) is 0 Å². The van der Waals surface area contributed by atoms with Gasteiger partial charge in [-0.3, -0.25) is 9.67 Å². The van der Waals surface area contributed by atoms with Crippen LogP contribution in [0.15, 0.2) is 42.6 Å². The number of fused-ring (bicyclic) bond motifs is 3. The molecule has 6 heteroatoms. The molecule has 1 saturated heterocycles. The number of aryl methyl sites for hydroxylation is 1. The summed E-state index contributed by atoms with van der Waals surface area (Å²) in [6, 6.07) is 12.7. The van der Waals surface area contributed by atoms with Gasteiger partial charge in [0.25, 0.3) is 0 Å². The second-order valence-electron chi connectivity index (χ2n) is 8.05. The third kappa shape index (κ3) is 2.59. The van der Waals surface area contributed by atoms with E-state index in [4.69, 9.17) is 5.10 Å².